The molecule has 4 heteroatoms. The SMILES string of the molecule is CCC(c1ccccc1)C(Cl)c1c(F)cc(OC)cc1F. The Morgan fingerprint density at radius 1 is 1.10 bits per heavy atom. The molecule has 0 N–H and O–H groups in total. The van der Waals surface area contributed by atoms with Gasteiger partial charge in [-0.15, -0.1) is 11.6 Å². The largest absolute Gasteiger partial charge is 0.497 e. The molecule has 2 aromatic rings. The molecule has 0 aliphatic heterocycles. The number of halogens is 3. The molecule has 21 heavy (non-hydrogen) atoms. The fraction of sp³-hybridized carbons (Fsp3) is 0.294. The highest BCUT2D eigenvalue weighted by atomic mass is 35.5. The Labute approximate surface area is 128 Å². The molecule has 0 amide bonds. The van der Waals surface area contributed by atoms with E-state index < -0.39 is 17.0 Å². The second-order valence-corrected chi connectivity index (χ2v) is 5.30. The minimum Gasteiger partial charge on any atom is -0.497 e. The Morgan fingerprint density at radius 3 is 2.14 bits per heavy atom. The molecule has 0 aliphatic rings. The number of benzene rings is 2. The predicted octanol–water partition coefficient (Wildman–Crippen LogP) is 5.45. The summed E-state index contributed by atoms with van der Waals surface area (Å²) in [4.78, 5) is 0. The minimum atomic E-state index is -0.775. The third-order valence-corrected chi connectivity index (χ3v) is 4.11. The lowest BCUT2D eigenvalue weighted by Crippen LogP contribution is -2.10. The molecular formula is C17H17ClF2O. The first-order valence-electron chi connectivity index (χ1n) is 6.80. The second-order valence-electron chi connectivity index (χ2n) is 4.83. The van der Waals surface area contributed by atoms with E-state index in [4.69, 9.17) is 16.3 Å². The van der Waals surface area contributed by atoms with Crippen molar-refractivity contribution in [1.29, 1.82) is 0 Å². The molecule has 1 nitrogen and oxygen atoms in total. The lowest BCUT2D eigenvalue weighted by Gasteiger charge is -2.23. The molecule has 2 atom stereocenters. The van der Waals surface area contributed by atoms with Gasteiger partial charge in [0.15, 0.2) is 0 Å². The normalized spacial score (nSPS) is 13.8. The summed E-state index contributed by atoms with van der Waals surface area (Å²) in [5.41, 5.74) is 0.864. The molecule has 2 aromatic carbocycles. The van der Waals surface area contributed by atoms with Crippen LogP contribution in [0.1, 0.15) is 35.8 Å². The van der Waals surface area contributed by atoms with Gasteiger partial charge in [0.05, 0.1) is 12.5 Å². The van der Waals surface area contributed by atoms with E-state index in [1.54, 1.807) is 0 Å². The van der Waals surface area contributed by atoms with Crippen molar-refractivity contribution in [1.82, 2.24) is 0 Å². The van der Waals surface area contributed by atoms with Crippen LogP contribution in [0.25, 0.3) is 0 Å². The first kappa shape index (κ1) is 15.8. The maximum atomic E-state index is 14.2. The van der Waals surface area contributed by atoms with Crippen LogP contribution in [0.3, 0.4) is 0 Å². The van der Waals surface area contributed by atoms with E-state index in [-0.39, 0.29) is 17.2 Å². The van der Waals surface area contributed by atoms with E-state index in [1.807, 2.05) is 37.3 Å². The molecule has 0 radical (unpaired) electrons. The third kappa shape index (κ3) is 3.35. The van der Waals surface area contributed by atoms with Crippen molar-refractivity contribution in [2.75, 3.05) is 7.11 Å². The van der Waals surface area contributed by atoms with Crippen LogP contribution in [0.5, 0.6) is 5.75 Å². The van der Waals surface area contributed by atoms with Crippen LogP contribution >= 0.6 is 11.6 Å². The fourth-order valence-electron chi connectivity index (χ4n) is 2.46. The van der Waals surface area contributed by atoms with Gasteiger partial charge < -0.3 is 4.74 Å². The van der Waals surface area contributed by atoms with Crippen molar-refractivity contribution in [3.05, 3.63) is 65.2 Å². The number of alkyl halides is 1. The average molecular weight is 311 g/mol. The lowest BCUT2D eigenvalue weighted by molar-refractivity contribution is 0.404. The number of methoxy groups -OCH3 is 1. The van der Waals surface area contributed by atoms with Crippen molar-refractivity contribution in [3.63, 3.8) is 0 Å². The van der Waals surface area contributed by atoms with E-state index in [1.165, 1.54) is 7.11 Å². The zero-order valence-corrected chi connectivity index (χ0v) is 12.7. The van der Waals surface area contributed by atoms with Gasteiger partial charge in [-0.05, 0) is 12.0 Å². The maximum absolute atomic E-state index is 14.2. The zero-order chi connectivity index (χ0) is 15.4. The summed E-state index contributed by atoms with van der Waals surface area (Å²) in [6, 6.07) is 11.8. The summed E-state index contributed by atoms with van der Waals surface area (Å²) in [6.07, 6.45) is 0.684. The topological polar surface area (TPSA) is 9.23 Å². The van der Waals surface area contributed by atoms with Crippen LogP contribution in [-0.4, -0.2) is 7.11 Å². The lowest BCUT2D eigenvalue weighted by atomic mass is 9.89. The molecule has 0 aromatic heterocycles. The molecule has 0 heterocycles. The van der Waals surface area contributed by atoms with Crippen molar-refractivity contribution < 1.29 is 13.5 Å². The van der Waals surface area contributed by atoms with Gasteiger partial charge in [0.2, 0.25) is 0 Å². The summed E-state index contributed by atoms with van der Waals surface area (Å²) in [6.45, 7) is 1.95. The minimum absolute atomic E-state index is 0.104. The van der Waals surface area contributed by atoms with Gasteiger partial charge in [-0.2, -0.15) is 0 Å². The Hall–Kier alpha value is -1.61. The first-order chi connectivity index (χ1) is 10.1. The number of hydrogen-bond donors (Lipinski definition) is 0. The van der Waals surface area contributed by atoms with Crippen LogP contribution < -0.4 is 4.74 Å². The Bertz CT molecular complexity index is 578. The predicted molar refractivity (Wildman–Crippen MR) is 81.0 cm³/mol. The van der Waals surface area contributed by atoms with Crippen molar-refractivity contribution >= 4 is 11.6 Å². The molecule has 2 rings (SSSR count). The van der Waals surface area contributed by atoms with E-state index in [0.29, 0.717) is 6.42 Å². The van der Waals surface area contributed by atoms with Gasteiger partial charge in [-0.3, -0.25) is 0 Å². The van der Waals surface area contributed by atoms with Crippen molar-refractivity contribution in [2.24, 2.45) is 0 Å². The Balaban J connectivity index is 2.41. The summed E-state index contributed by atoms with van der Waals surface area (Å²) in [7, 11) is 1.37. The van der Waals surface area contributed by atoms with Gasteiger partial charge in [-0.1, -0.05) is 37.3 Å². The molecule has 0 bridgehead atoms. The Kier molecular flexibility index (Phi) is 5.18. The van der Waals surface area contributed by atoms with Crippen molar-refractivity contribution in [3.8, 4) is 5.75 Å². The van der Waals surface area contributed by atoms with Crippen LogP contribution in [0.2, 0.25) is 0 Å². The van der Waals surface area contributed by atoms with Gasteiger partial charge in [0.1, 0.15) is 17.4 Å². The quantitative estimate of drug-likeness (QED) is 0.667. The Morgan fingerprint density at radius 2 is 1.67 bits per heavy atom. The van der Waals surface area contributed by atoms with Crippen LogP contribution in [-0.2, 0) is 0 Å². The number of rotatable bonds is 5. The summed E-state index contributed by atoms with van der Waals surface area (Å²) in [5, 5.41) is -0.775. The van der Waals surface area contributed by atoms with Crippen LogP contribution in [0.4, 0.5) is 8.78 Å². The maximum Gasteiger partial charge on any atom is 0.134 e. The average Bonchev–Trinajstić information content (AvgIpc) is 2.48. The highest BCUT2D eigenvalue weighted by Crippen LogP contribution is 2.41. The van der Waals surface area contributed by atoms with Gasteiger partial charge in [0, 0.05) is 23.6 Å². The molecular weight excluding hydrogens is 294 g/mol. The van der Waals surface area contributed by atoms with Crippen LogP contribution in [0.15, 0.2) is 42.5 Å². The van der Waals surface area contributed by atoms with E-state index in [0.717, 1.165) is 17.7 Å². The molecule has 0 aliphatic carbocycles. The molecule has 0 fully saturated rings. The number of hydrogen-bond acceptors (Lipinski definition) is 1. The van der Waals surface area contributed by atoms with Gasteiger partial charge in [-0.25, -0.2) is 8.78 Å². The third-order valence-electron chi connectivity index (χ3n) is 3.58. The van der Waals surface area contributed by atoms with E-state index in [9.17, 15) is 8.78 Å². The van der Waals surface area contributed by atoms with Gasteiger partial charge >= 0.3 is 0 Å². The van der Waals surface area contributed by atoms with E-state index >= 15 is 0 Å². The summed E-state index contributed by atoms with van der Waals surface area (Å²) in [5.74, 6) is -1.38. The smallest absolute Gasteiger partial charge is 0.134 e. The zero-order valence-electron chi connectivity index (χ0n) is 11.9. The van der Waals surface area contributed by atoms with Gasteiger partial charge in [0.25, 0.3) is 0 Å². The molecule has 0 spiro atoms. The molecule has 0 saturated carbocycles. The second kappa shape index (κ2) is 6.90. The fourth-order valence-corrected chi connectivity index (χ4v) is 2.99. The standard InChI is InChI=1S/C17H17ClF2O/c1-3-13(11-7-5-4-6-8-11)17(18)16-14(19)9-12(21-2)10-15(16)20/h4-10,13,17H,3H2,1-2H3. The number of ether oxygens (including phenoxy) is 1. The molecule has 112 valence electrons. The monoisotopic (exact) mass is 310 g/mol. The molecule has 0 saturated heterocycles. The molecule has 2 unspecified atom stereocenters. The highest BCUT2D eigenvalue weighted by Gasteiger charge is 2.27. The first-order valence-corrected chi connectivity index (χ1v) is 7.24. The van der Waals surface area contributed by atoms with E-state index in [2.05, 4.69) is 0 Å². The summed E-state index contributed by atoms with van der Waals surface area (Å²) >= 11 is 6.39. The van der Waals surface area contributed by atoms with Crippen LogP contribution in [0, 0.1) is 11.6 Å². The highest BCUT2D eigenvalue weighted by molar-refractivity contribution is 6.21. The van der Waals surface area contributed by atoms with Crippen molar-refractivity contribution in [2.45, 2.75) is 24.6 Å². The summed E-state index contributed by atoms with van der Waals surface area (Å²) < 4.78 is 33.2.